The minimum atomic E-state index is -0.917. The first-order valence-electron chi connectivity index (χ1n) is 6.49. The van der Waals surface area contributed by atoms with Crippen molar-refractivity contribution in [1.82, 2.24) is 9.55 Å². The molecule has 3 aromatic rings. The van der Waals surface area contributed by atoms with Gasteiger partial charge in [-0.1, -0.05) is 6.07 Å². The van der Waals surface area contributed by atoms with E-state index in [0.717, 1.165) is 16.6 Å². The summed E-state index contributed by atoms with van der Waals surface area (Å²) in [7, 11) is 1.59. The Labute approximate surface area is 121 Å². The molecule has 0 unspecified atom stereocenters. The Bertz CT molecular complexity index is 808. The van der Waals surface area contributed by atoms with Crippen molar-refractivity contribution >= 4 is 16.9 Å². The molecule has 0 atom stereocenters. The van der Waals surface area contributed by atoms with Crippen LogP contribution in [0.5, 0.6) is 5.88 Å². The van der Waals surface area contributed by atoms with E-state index in [1.165, 1.54) is 0 Å². The van der Waals surface area contributed by atoms with Crippen LogP contribution in [-0.2, 0) is 6.54 Å². The molecule has 2 aromatic heterocycles. The van der Waals surface area contributed by atoms with Crippen LogP contribution in [0.3, 0.4) is 0 Å². The smallest absolute Gasteiger partial charge is 0.335 e. The van der Waals surface area contributed by atoms with Crippen LogP contribution in [0.15, 0.2) is 48.7 Å². The Morgan fingerprint density at radius 3 is 2.90 bits per heavy atom. The van der Waals surface area contributed by atoms with Gasteiger partial charge in [0.1, 0.15) is 0 Å². The van der Waals surface area contributed by atoms with Gasteiger partial charge in [0.2, 0.25) is 5.88 Å². The van der Waals surface area contributed by atoms with Crippen LogP contribution in [0, 0.1) is 0 Å². The van der Waals surface area contributed by atoms with Crippen molar-refractivity contribution < 1.29 is 14.6 Å². The molecule has 0 fully saturated rings. The van der Waals surface area contributed by atoms with E-state index in [4.69, 9.17) is 9.84 Å². The first-order chi connectivity index (χ1) is 10.2. The minimum Gasteiger partial charge on any atom is -0.481 e. The van der Waals surface area contributed by atoms with Crippen molar-refractivity contribution in [2.75, 3.05) is 7.11 Å². The maximum absolute atomic E-state index is 11.0. The number of rotatable bonds is 4. The van der Waals surface area contributed by atoms with Gasteiger partial charge >= 0.3 is 5.97 Å². The zero-order valence-electron chi connectivity index (χ0n) is 11.5. The average Bonchev–Trinajstić information content (AvgIpc) is 2.90. The second-order valence-electron chi connectivity index (χ2n) is 4.69. The van der Waals surface area contributed by atoms with Gasteiger partial charge in [0.25, 0.3) is 0 Å². The lowest BCUT2D eigenvalue weighted by atomic mass is 10.1. The molecule has 0 saturated heterocycles. The molecule has 1 N–H and O–H groups in total. The number of fused-ring (bicyclic) bond motifs is 1. The summed E-state index contributed by atoms with van der Waals surface area (Å²) in [4.78, 5) is 15.4. The zero-order chi connectivity index (χ0) is 14.8. The van der Waals surface area contributed by atoms with Crippen molar-refractivity contribution in [2.45, 2.75) is 6.54 Å². The summed E-state index contributed by atoms with van der Waals surface area (Å²) in [6, 6.07) is 12.6. The predicted molar refractivity (Wildman–Crippen MR) is 78.8 cm³/mol. The van der Waals surface area contributed by atoms with E-state index in [1.807, 2.05) is 35.0 Å². The van der Waals surface area contributed by atoms with E-state index in [-0.39, 0.29) is 0 Å². The number of aromatic carboxylic acids is 1. The van der Waals surface area contributed by atoms with E-state index >= 15 is 0 Å². The molecule has 0 aliphatic carbocycles. The molecule has 1 aromatic carbocycles. The molecule has 0 radical (unpaired) electrons. The van der Waals surface area contributed by atoms with Gasteiger partial charge in [0.15, 0.2) is 0 Å². The molecular formula is C16H14N2O3. The molecule has 21 heavy (non-hydrogen) atoms. The molecule has 5 nitrogen and oxygen atoms in total. The summed E-state index contributed by atoms with van der Waals surface area (Å²) < 4.78 is 7.15. The Morgan fingerprint density at radius 1 is 1.29 bits per heavy atom. The molecule has 0 saturated carbocycles. The van der Waals surface area contributed by atoms with Gasteiger partial charge in [-0.25, -0.2) is 9.78 Å². The van der Waals surface area contributed by atoms with Crippen LogP contribution < -0.4 is 4.74 Å². The highest BCUT2D eigenvalue weighted by Gasteiger charge is 2.07. The Balaban J connectivity index is 1.95. The third-order valence-electron chi connectivity index (χ3n) is 3.34. The van der Waals surface area contributed by atoms with Crippen molar-refractivity contribution in [1.29, 1.82) is 0 Å². The minimum absolute atomic E-state index is 0.291. The quantitative estimate of drug-likeness (QED) is 0.799. The van der Waals surface area contributed by atoms with Crippen molar-refractivity contribution in [3.63, 3.8) is 0 Å². The first kappa shape index (κ1) is 13.2. The van der Waals surface area contributed by atoms with E-state index in [0.29, 0.717) is 18.0 Å². The summed E-state index contributed by atoms with van der Waals surface area (Å²) in [5, 5.41) is 9.91. The number of aromatic nitrogens is 2. The molecule has 3 rings (SSSR count). The van der Waals surface area contributed by atoms with Gasteiger partial charge < -0.3 is 14.4 Å². The van der Waals surface area contributed by atoms with Crippen molar-refractivity contribution in [3.8, 4) is 5.88 Å². The summed E-state index contributed by atoms with van der Waals surface area (Å²) >= 11 is 0. The number of nitrogens with zero attached hydrogens (tertiary/aromatic N) is 2. The monoisotopic (exact) mass is 282 g/mol. The van der Waals surface area contributed by atoms with E-state index in [9.17, 15) is 4.79 Å². The van der Waals surface area contributed by atoms with Crippen molar-refractivity contribution in [2.24, 2.45) is 0 Å². The van der Waals surface area contributed by atoms with Crippen LogP contribution in [0.25, 0.3) is 10.9 Å². The van der Waals surface area contributed by atoms with E-state index < -0.39 is 5.97 Å². The number of methoxy groups -OCH3 is 1. The number of hydrogen-bond acceptors (Lipinski definition) is 3. The number of hydrogen-bond donors (Lipinski definition) is 1. The van der Waals surface area contributed by atoms with E-state index in [2.05, 4.69) is 4.98 Å². The number of carbonyl (C=O) groups is 1. The number of ether oxygens (including phenoxy) is 1. The average molecular weight is 282 g/mol. The molecule has 0 aliphatic rings. The molecule has 5 heteroatoms. The van der Waals surface area contributed by atoms with Gasteiger partial charge in [-0.15, -0.1) is 0 Å². The highest BCUT2D eigenvalue weighted by atomic mass is 16.5. The zero-order valence-corrected chi connectivity index (χ0v) is 11.5. The molecule has 0 bridgehead atoms. The number of pyridine rings is 1. The van der Waals surface area contributed by atoms with Crippen molar-refractivity contribution in [3.05, 3.63) is 59.9 Å². The lowest BCUT2D eigenvalue weighted by Gasteiger charge is -2.07. The Hall–Kier alpha value is -2.82. The van der Waals surface area contributed by atoms with Gasteiger partial charge in [0.05, 0.1) is 24.9 Å². The highest BCUT2D eigenvalue weighted by Crippen LogP contribution is 2.19. The SMILES string of the molecule is COc1cccc(Cn2ccc3cc(C(=O)O)ccc32)n1. The number of carboxylic acids is 1. The summed E-state index contributed by atoms with van der Waals surface area (Å²) in [5.74, 6) is -0.337. The van der Waals surface area contributed by atoms with Crippen LogP contribution in [-0.4, -0.2) is 27.7 Å². The molecule has 0 spiro atoms. The van der Waals surface area contributed by atoms with Crippen LogP contribution in [0.1, 0.15) is 16.1 Å². The predicted octanol–water partition coefficient (Wildman–Crippen LogP) is 2.79. The van der Waals surface area contributed by atoms with Crippen LogP contribution in [0.2, 0.25) is 0 Å². The summed E-state index contributed by atoms with van der Waals surface area (Å²) in [6.07, 6.45) is 1.93. The maximum Gasteiger partial charge on any atom is 0.335 e. The standard InChI is InChI=1S/C16H14N2O3/c1-21-15-4-2-3-13(17-15)10-18-8-7-11-9-12(16(19)20)5-6-14(11)18/h2-9H,10H2,1H3,(H,19,20). The summed E-state index contributed by atoms with van der Waals surface area (Å²) in [5.41, 5.74) is 2.15. The third-order valence-corrected chi connectivity index (χ3v) is 3.34. The normalized spacial score (nSPS) is 10.7. The van der Waals surface area contributed by atoms with Gasteiger partial charge in [0, 0.05) is 23.2 Å². The molecule has 0 aliphatic heterocycles. The number of carboxylic acid groups (broad SMARTS) is 1. The van der Waals surface area contributed by atoms with Gasteiger partial charge in [-0.3, -0.25) is 0 Å². The van der Waals surface area contributed by atoms with Gasteiger partial charge in [-0.2, -0.15) is 0 Å². The lowest BCUT2D eigenvalue weighted by Crippen LogP contribution is -2.01. The largest absolute Gasteiger partial charge is 0.481 e. The maximum atomic E-state index is 11.0. The second-order valence-corrected chi connectivity index (χ2v) is 4.69. The Morgan fingerprint density at radius 2 is 2.14 bits per heavy atom. The first-order valence-corrected chi connectivity index (χ1v) is 6.49. The fourth-order valence-corrected chi connectivity index (χ4v) is 2.30. The summed E-state index contributed by atoms with van der Waals surface area (Å²) in [6.45, 7) is 0.604. The molecule has 2 heterocycles. The molecular weight excluding hydrogens is 268 g/mol. The van der Waals surface area contributed by atoms with Crippen LogP contribution in [0.4, 0.5) is 0 Å². The second kappa shape index (κ2) is 5.28. The lowest BCUT2D eigenvalue weighted by molar-refractivity contribution is 0.0697. The van der Waals surface area contributed by atoms with Crippen LogP contribution >= 0.6 is 0 Å². The fourth-order valence-electron chi connectivity index (χ4n) is 2.30. The topological polar surface area (TPSA) is 64.3 Å². The fraction of sp³-hybridized carbons (Fsp3) is 0.125. The highest BCUT2D eigenvalue weighted by molar-refractivity contribution is 5.93. The third kappa shape index (κ3) is 2.58. The molecule has 106 valence electrons. The van der Waals surface area contributed by atoms with Gasteiger partial charge in [-0.05, 0) is 30.3 Å². The molecule has 0 amide bonds. The Kier molecular flexibility index (Phi) is 3.31. The van der Waals surface area contributed by atoms with E-state index in [1.54, 1.807) is 25.3 Å². The number of benzene rings is 1.